The van der Waals surface area contributed by atoms with Gasteiger partial charge >= 0.3 is 17.9 Å². The number of hydrogen-bond acceptors (Lipinski definition) is 7. The highest BCUT2D eigenvalue weighted by molar-refractivity contribution is 5.86. The largest absolute Gasteiger partial charge is 0.478 e. The van der Waals surface area contributed by atoms with Crippen LogP contribution < -0.4 is 0 Å². The molecule has 0 aromatic rings. The molecule has 2 fully saturated rings. The van der Waals surface area contributed by atoms with Crippen LogP contribution in [0.4, 0.5) is 0 Å². The van der Waals surface area contributed by atoms with E-state index >= 15 is 0 Å². The van der Waals surface area contributed by atoms with Crippen molar-refractivity contribution in [2.75, 3.05) is 7.11 Å². The second-order valence-electron chi connectivity index (χ2n) is 15.0. The number of carbonyl (C=O) groups is 4. The molecule has 0 aliphatic heterocycles. The maximum atomic E-state index is 13.1. The van der Waals surface area contributed by atoms with Crippen LogP contribution in [0.25, 0.3) is 0 Å². The number of carboxylic acids is 1. The monoisotopic (exact) mass is 600 g/mol. The summed E-state index contributed by atoms with van der Waals surface area (Å²) in [5, 5.41) is 9.42. The number of Topliss-reactive ketones (excluding diaryl/α,β-unsaturated/α-hetero) is 1. The lowest BCUT2D eigenvalue weighted by Gasteiger charge is -2.62. The third-order valence-corrected chi connectivity index (χ3v) is 12.7. The summed E-state index contributed by atoms with van der Waals surface area (Å²) in [6.45, 7) is 17.5. The van der Waals surface area contributed by atoms with Crippen LogP contribution in [0.2, 0.25) is 0 Å². The van der Waals surface area contributed by atoms with Crippen molar-refractivity contribution in [1.82, 2.24) is 0 Å². The first-order valence-corrected chi connectivity index (χ1v) is 15.9. The summed E-state index contributed by atoms with van der Waals surface area (Å²) < 4.78 is 18.3. The van der Waals surface area contributed by atoms with Crippen LogP contribution in [-0.2, 0) is 33.4 Å². The topological polar surface area (TPSA) is 116 Å². The van der Waals surface area contributed by atoms with Gasteiger partial charge in [0.15, 0.2) is 0 Å². The quantitative estimate of drug-likeness (QED) is 0.192. The van der Waals surface area contributed by atoms with Crippen LogP contribution >= 0.6 is 0 Å². The molecule has 8 heteroatoms. The van der Waals surface area contributed by atoms with Gasteiger partial charge in [-0.1, -0.05) is 53.2 Å². The Morgan fingerprint density at radius 2 is 1.65 bits per heavy atom. The maximum absolute atomic E-state index is 13.1. The highest BCUT2D eigenvalue weighted by Gasteiger charge is 2.69. The average molecular weight is 601 g/mol. The summed E-state index contributed by atoms with van der Waals surface area (Å²) in [4.78, 5) is 49.5. The standard InChI is InChI=1S/C35H52O8/c1-19(31(39)40)11-12-25(42-21(3)36)20(2)24-17-29(43-22(4)37)35(9)30-23(13-16-34(24,35)8)33(7)15-14-28(38)32(5,6)27(33)18-26(30)41-10/h11,20,24-27,29H,12-18H2,1-10H3,(H,39,40). The number of fused-ring (bicyclic) bond motifs is 4. The highest BCUT2D eigenvalue weighted by atomic mass is 16.5. The Hall–Kier alpha value is -2.48. The van der Waals surface area contributed by atoms with E-state index in [0.717, 1.165) is 25.7 Å². The van der Waals surface area contributed by atoms with Crippen molar-refractivity contribution >= 4 is 23.7 Å². The Labute approximate surface area is 257 Å². The molecule has 2 saturated carbocycles. The molecule has 0 spiro atoms. The molecule has 4 aliphatic carbocycles. The van der Waals surface area contributed by atoms with Crippen molar-refractivity contribution in [1.29, 1.82) is 0 Å². The molecular formula is C35H52O8. The Morgan fingerprint density at radius 1 is 1.00 bits per heavy atom. The van der Waals surface area contributed by atoms with E-state index in [4.69, 9.17) is 14.2 Å². The zero-order valence-corrected chi connectivity index (χ0v) is 27.8. The molecule has 4 aliphatic rings. The first-order chi connectivity index (χ1) is 19.9. The van der Waals surface area contributed by atoms with Gasteiger partial charge in [0.2, 0.25) is 0 Å². The summed E-state index contributed by atoms with van der Waals surface area (Å²) in [6.07, 6.45) is 5.21. The Kier molecular flexibility index (Phi) is 8.91. The van der Waals surface area contributed by atoms with Crippen LogP contribution in [0.15, 0.2) is 22.8 Å². The first kappa shape index (κ1) is 33.4. The molecule has 9 unspecified atom stereocenters. The van der Waals surface area contributed by atoms with E-state index in [0.29, 0.717) is 18.6 Å². The molecular weight excluding hydrogens is 548 g/mol. The molecule has 0 bridgehead atoms. The zero-order chi connectivity index (χ0) is 32.3. The minimum absolute atomic E-state index is 0.0196. The van der Waals surface area contributed by atoms with Gasteiger partial charge in [-0.25, -0.2) is 4.79 Å². The fourth-order valence-electron chi connectivity index (χ4n) is 10.1. The van der Waals surface area contributed by atoms with Crippen molar-refractivity contribution < 1.29 is 38.5 Å². The minimum atomic E-state index is -1.00. The number of allylic oxidation sites excluding steroid dienone is 1. The van der Waals surface area contributed by atoms with E-state index in [1.54, 1.807) is 20.1 Å². The van der Waals surface area contributed by atoms with E-state index in [9.17, 15) is 24.3 Å². The third kappa shape index (κ3) is 5.19. The number of ketones is 1. The van der Waals surface area contributed by atoms with E-state index < -0.39 is 35.0 Å². The van der Waals surface area contributed by atoms with Crippen LogP contribution in [0, 0.1) is 39.4 Å². The Bertz CT molecular complexity index is 1240. The number of aliphatic carboxylic acids is 1. The fourth-order valence-corrected chi connectivity index (χ4v) is 10.1. The third-order valence-electron chi connectivity index (χ3n) is 12.7. The number of carbonyl (C=O) groups excluding carboxylic acids is 3. The van der Waals surface area contributed by atoms with Gasteiger partial charge in [-0.2, -0.15) is 0 Å². The number of esters is 2. The summed E-state index contributed by atoms with van der Waals surface area (Å²) in [6, 6.07) is 0. The van der Waals surface area contributed by atoms with Crippen LogP contribution in [0.3, 0.4) is 0 Å². The van der Waals surface area contributed by atoms with E-state index in [2.05, 4.69) is 41.5 Å². The molecule has 9 atom stereocenters. The second-order valence-corrected chi connectivity index (χ2v) is 15.0. The van der Waals surface area contributed by atoms with Gasteiger partial charge in [0.25, 0.3) is 0 Å². The summed E-state index contributed by atoms with van der Waals surface area (Å²) in [5.41, 5.74) is 1.34. The molecule has 43 heavy (non-hydrogen) atoms. The van der Waals surface area contributed by atoms with E-state index in [-0.39, 0.29) is 52.7 Å². The van der Waals surface area contributed by atoms with Gasteiger partial charge in [0.1, 0.15) is 18.0 Å². The molecule has 0 heterocycles. The lowest BCUT2D eigenvalue weighted by Crippen LogP contribution is -2.59. The average Bonchev–Trinajstić information content (AvgIpc) is 3.14. The second kappa shape index (κ2) is 11.5. The van der Waals surface area contributed by atoms with Crippen LogP contribution in [0.1, 0.15) is 107 Å². The Morgan fingerprint density at radius 3 is 2.21 bits per heavy atom. The van der Waals surface area contributed by atoms with Crippen molar-refractivity contribution in [3.8, 4) is 0 Å². The number of ether oxygens (including phenoxy) is 3. The summed E-state index contributed by atoms with van der Waals surface area (Å²) in [7, 11) is 1.74. The highest BCUT2D eigenvalue weighted by Crippen LogP contribution is 2.73. The van der Waals surface area contributed by atoms with Gasteiger partial charge in [0.05, 0.1) is 6.10 Å². The lowest BCUT2D eigenvalue weighted by atomic mass is 9.42. The lowest BCUT2D eigenvalue weighted by molar-refractivity contribution is -0.157. The first-order valence-electron chi connectivity index (χ1n) is 15.9. The molecule has 240 valence electrons. The smallest absolute Gasteiger partial charge is 0.330 e. The summed E-state index contributed by atoms with van der Waals surface area (Å²) in [5.74, 6) is -1.38. The molecule has 1 N–H and O–H groups in total. The fraction of sp³-hybridized carbons (Fsp3) is 0.771. The van der Waals surface area contributed by atoms with Crippen molar-refractivity contribution in [3.05, 3.63) is 22.8 Å². The summed E-state index contributed by atoms with van der Waals surface area (Å²) >= 11 is 0. The predicted molar refractivity (Wildman–Crippen MR) is 162 cm³/mol. The van der Waals surface area contributed by atoms with Gasteiger partial charge < -0.3 is 19.3 Å². The molecule has 0 saturated heterocycles. The van der Waals surface area contributed by atoms with Gasteiger partial charge in [0, 0.05) is 50.2 Å². The number of rotatable bonds is 8. The normalized spacial score (nSPS) is 38.4. The van der Waals surface area contributed by atoms with Gasteiger partial charge in [-0.05, 0) is 73.2 Å². The van der Waals surface area contributed by atoms with Crippen LogP contribution in [-0.4, -0.2) is 54.2 Å². The van der Waals surface area contributed by atoms with Crippen molar-refractivity contribution in [2.24, 2.45) is 39.4 Å². The number of methoxy groups -OCH3 is 1. The molecule has 0 amide bonds. The van der Waals surface area contributed by atoms with Gasteiger partial charge in [-0.15, -0.1) is 0 Å². The molecule has 4 rings (SSSR count). The van der Waals surface area contributed by atoms with Crippen molar-refractivity contribution in [2.45, 2.75) is 126 Å². The van der Waals surface area contributed by atoms with Gasteiger partial charge in [-0.3, -0.25) is 14.4 Å². The molecule has 0 aromatic carbocycles. The minimum Gasteiger partial charge on any atom is -0.478 e. The molecule has 0 radical (unpaired) electrons. The maximum Gasteiger partial charge on any atom is 0.330 e. The molecule has 8 nitrogen and oxygen atoms in total. The number of carboxylic acid groups (broad SMARTS) is 1. The SMILES string of the molecule is COC1CC2C(C)(C)C(=O)CCC2(C)C2=C1C1(C)C(OC(C)=O)CC(C(C)C(CC=C(C)C(=O)O)OC(C)=O)C1(C)CC2. The number of hydrogen-bond donors (Lipinski definition) is 1. The van der Waals surface area contributed by atoms with E-state index in [1.165, 1.54) is 25.0 Å². The predicted octanol–water partition coefficient (Wildman–Crippen LogP) is 6.46. The zero-order valence-electron chi connectivity index (χ0n) is 27.8. The van der Waals surface area contributed by atoms with Crippen molar-refractivity contribution in [3.63, 3.8) is 0 Å². The van der Waals surface area contributed by atoms with E-state index in [1.807, 2.05) is 0 Å². The van der Waals surface area contributed by atoms with Crippen LogP contribution in [0.5, 0.6) is 0 Å². The molecule has 0 aromatic heterocycles. The Balaban J connectivity index is 1.86.